The summed E-state index contributed by atoms with van der Waals surface area (Å²) in [5, 5.41) is 25.2. The van der Waals surface area contributed by atoms with Gasteiger partial charge in [0.05, 0.1) is 48.9 Å². The zero-order chi connectivity index (χ0) is 41.4. The van der Waals surface area contributed by atoms with Crippen LogP contribution in [0.25, 0.3) is 0 Å². The molecule has 2 aliphatic carbocycles. The Kier molecular flexibility index (Phi) is 11.6. The van der Waals surface area contributed by atoms with Gasteiger partial charge >= 0.3 is 12.2 Å². The minimum atomic E-state index is -0.865. The van der Waals surface area contributed by atoms with Crippen molar-refractivity contribution in [1.82, 2.24) is 10.6 Å². The highest BCUT2D eigenvalue weighted by Gasteiger charge is 2.36. The number of allylic oxidation sites excluding steroid dienone is 4. The molecule has 300 valence electrons. The van der Waals surface area contributed by atoms with E-state index in [4.69, 9.17) is 28.4 Å². The molecular weight excluding hydrogens is 732 g/mol. The van der Waals surface area contributed by atoms with Gasteiger partial charge in [-0.15, -0.1) is 0 Å². The van der Waals surface area contributed by atoms with Crippen LogP contribution >= 0.6 is 0 Å². The maximum atomic E-state index is 12.8. The van der Waals surface area contributed by atoms with E-state index in [2.05, 4.69) is 10.6 Å². The van der Waals surface area contributed by atoms with Crippen LogP contribution in [0.3, 0.4) is 0 Å². The molecule has 4 N–H and O–H groups in total. The number of fused-ring (bicyclic) bond motifs is 2. The number of ketones is 4. The highest BCUT2D eigenvalue weighted by molar-refractivity contribution is 6.27. The Hall–Kier alpha value is -5.42. The highest BCUT2D eigenvalue weighted by Crippen LogP contribution is 2.34. The molecule has 2 amide bonds. The van der Waals surface area contributed by atoms with Gasteiger partial charge in [0.15, 0.2) is 23.1 Å². The predicted octanol–water partition coefficient (Wildman–Crippen LogP) is 4.97. The summed E-state index contributed by atoms with van der Waals surface area (Å²) in [6, 6.07) is 5.85. The van der Waals surface area contributed by atoms with Crippen molar-refractivity contribution in [2.75, 3.05) is 26.4 Å². The summed E-state index contributed by atoms with van der Waals surface area (Å²) in [6.45, 7) is 15.4. The van der Waals surface area contributed by atoms with E-state index in [1.165, 1.54) is 24.3 Å². The summed E-state index contributed by atoms with van der Waals surface area (Å²) in [5.74, 6) is -4.67. The van der Waals surface area contributed by atoms with Crippen molar-refractivity contribution in [3.8, 4) is 11.5 Å². The highest BCUT2D eigenvalue weighted by atomic mass is 16.7. The molecule has 2 aliphatic heterocycles. The van der Waals surface area contributed by atoms with E-state index < -0.39 is 58.1 Å². The Morgan fingerprint density at radius 3 is 1.25 bits per heavy atom. The van der Waals surface area contributed by atoms with Crippen molar-refractivity contribution < 1.29 is 67.4 Å². The summed E-state index contributed by atoms with van der Waals surface area (Å²) >= 11 is 0. The number of phenols is 2. The van der Waals surface area contributed by atoms with Gasteiger partial charge in [0.25, 0.3) is 0 Å². The fourth-order valence-electron chi connectivity index (χ4n) is 6.35. The molecule has 0 radical (unpaired) electrons. The number of rotatable bonds is 6. The monoisotopic (exact) mass is 778 g/mol. The van der Waals surface area contributed by atoms with Gasteiger partial charge in [-0.25, -0.2) is 9.59 Å². The van der Waals surface area contributed by atoms with Crippen LogP contribution in [0.4, 0.5) is 9.59 Å². The molecule has 6 rings (SSSR count). The molecule has 2 aromatic carbocycles. The Labute approximate surface area is 323 Å². The first-order chi connectivity index (χ1) is 25.9. The second-order valence-electron chi connectivity index (χ2n) is 15.8. The average molecular weight is 779 g/mol. The molecule has 2 heterocycles. The number of benzene rings is 2. The number of nitrogens with one attached hydrogen (secondary N) is 2. The SMILES string of the molecule is CC(C)(C)OC(=O)NC1=CC(=O)c2c(O)cc(CC3(C)OCCO3)cc2C1=O.CC(C)(C)OC(=O)NC1=CC(=O)c2c(O)cc(CC3(C)OCCO3)cc2C1=O. The molecule has 0 aromatic heterocycles. The van der Waals surface area contributed by atoms with Crippen LogP contribution in [0.1, 0.15) is 108 Å². The molecule has 0 atom stereocenters. The number of carbonyl (C=O) groups is 6. The maximum Gasteiger partial charge on any atom is 0.412 e. The molecule has 4 aliphatic rings. The lowest BCUT2D eigenvalue weighted by Crippen LogP contribution is -2.36. The van der Waals surface area contributed by atoms with Crippen molar-refractivity contribution in [2.45, 2.75) is 91.0 Å². The van der Waals surface area contributed by atoms with E-state index >= 15 is 0 Å². The lowest BCUT2D eigenvalue weighted by molar-refractivity contribution is -0.140. The molecule has 2 saturated heterocycles. The number of hydrogen-bond donors (Lipinski definition) is 4. The van der Waals surface area contributed by atoms with Gasteiger partial charge in [-0.3, -0.25) is 29.8 Å². The fourth-order valence-corrected chi connectivity index (χ4v) is 6.35. The standard InChI is InChI=1S/2C20H23NO7/c2*1-19(2,3)28-18(25)21-13-9-15(23)16-12(17(13)24)7-11(8-14(16)22)10-20(4)26-5-6-27-20/h2*7-9,22H,5-6,10H2,1-4H3,(H,21,25). The molecule has 0 spiro atoms. The molecule has 0 unspecified atom stereocenters. The molecule has 16 nitrogen and oxygen atoms in total. The van der Waals surface area contributed by atoms with Gasteiger partial charge in [-0.05, 0) is 90.8 Å². The lowest BCUT2D eigenvalue weighted by atomic mass is 9.89. The van der Waals surface area contributed by atoms with E-state index in [9.17, 15) is 39.0 Å². The summed E-state index contributed by atoms with van der Waals surface area (Å²) < 4.78 is 32.5. The minimum Gasteiger partial charge on any atom is -0.507 e. The topological polar surface area (TPSA) is 222 Å². The van der Waals surface area contributed by atoms with Crippen molar-refractivity contribution in [1.29, 1.82) is 0 Å². The third kappa shape index (κ3) is 10.1. The third-order valence-corrected chi connectivity index (χ3v) is 8.49. The molecule has 2 aromatic rings. The fraction of sp³-hybridized carbons (Fsp3) is 0.450. The molecular formula is C40H46N2O14. The molecule has 16 heteroatoms. The first kappa shape index (κ1) is 41.7. The second kappa shape index (κ2) is 15.6. The smallest absolute Gasteiger partial charge is 0.412 e. The number of amides is 2. The third-order valence-electron chi connectivity index (χ3n) is 8.49. The van der Waals surface area contributed by atoms with Crippen molar-refractivity contribution in [2.24, 2.45) is 0 Å². The van der Waals surface area contributed by atoms with Crippen LogP contribution in [0.2, 0.25) is 0 Å². The van der Waals surface area contributed by atoms with Gasteiger partial charge in [0.1, 0.15) is 22.7 Å². The number of hydrogen-bond acceptors (Lipinski definition) is 14. The lowest BCUT2D eigenvalue weighted by Gasteiger charge is -2.24. The van der Waals surface area contributed by atoms with Gasteiger partial charge < -0.3 is 38.6 Å². The van der Waals surface area contributed by atoms with E-state index in [0.29, 0.717) is 37.6 Å². The molecule has 0 bridgehead atoms. The van der Waals surface area contributed by atoms with Crippen LogP contribution in [-0.2, 0) is 41.3 Å². The Morgan fingerprint density at radius 2 is 0.946 bits per heavy atom. The van der Waals surface area contributed by atoms with E-state index in [-0.39, 0.29) is 58.0 Å². The Balaban J connectivity index is 0.000000214. The Morgan fingerprint density at radius 1 is 0.625 bits per heavy atom. The normalized spacial score (nSPS) is 18.5. The summed E-state index contributed by atoms with van der Waals surface area (Å²) in [4.78, 5) is 74.4. The average Bonchev–Trinajstić information content (AvgIpc) is 3.67. The van der Waals surface area contributed by atoms with Crippen molar-refractivity contribution in [3.63, 3.8) is 0 Å². The first-order valence-corrected chi connectivity index (χ1v) is 17.8. The summed E-state index contributed by atoms with van der Waals surface area (Å²) in [7, 11) is 0. The zero-order valence-corrected chi connectivity index (χ0v) is 32.5. The number of Topliss-reactive ketones (excluding diaryl/α,β-unsaturated/α-hetero) is 2. The minimum absolute atomic E-state index is 0.00940. The van der Waals surface area contributed by atoms with Crippen LogP contribution in [0.5, 0.6) is 11.5 Å². The van der Waals surface area contributed by atoms with Crippen LogP contribution in [0, 0.1) is 0 Å². The largest absolute Gasteiger partial charge is 0.507 e. The predicted molar refractivity (Wildman–Crippen MR) is 196 cm³/mol. The quantitative estimate of drug-likeness (QED) is 0.304. The summed E-state index contributed by atoms with van der Waals surface area (Å²) in [5.41, 5.74) is -0.959. The second-order valence-corrected chi connectivity index (χ2v) is 15.8. The van der Waals surface area contributed by atoms with Crippen LogP contribution < -0.4 is 10.6 Å². The van der Waals surface area contributed by atoms with E-state index in [0.717, 1.165) is 12.2 Å². The van der Waals surface area contributed by atoms with E-state index in [1.54, 1.807) is 55.4 Å². The number of aromatic hydroxyl groups is 2. The first-order valence-electron chi connectivity index (χ1n) is 17.8. The molecule has 2 fully saturated rings. The summed E-state index contributed by atoms with van der Waals surface area (Å²) in [6.07, 6.45) is 0.853. The van der Waals surface area contributed by atoms with Crippen molar-refractivity contribution in [3.05, 3.63) is 81.2 Å². The van der Waals surface area contributed by atoms with Gasteiger partial charge in [-0.1, -0.05) is 0 Å². The molecule has 0 saturated carbocycles. The van der Waals surface area contributed by atoms with Gasteiger partial charge in [0, 0.05) is 36.1 Å². The number of carbonyl (C=O) groups excluding carboxylic acids is 6. The Bertz CT molecular complexity index is 1890. The number of phenolic OH excluding ortho intramolecular Hbond substituents is 2. The van der Waals surface area contributed by atoms with Gasteiger partial charge in [0.2, 0.25) is 11.6 Å². The van der Waals surface area contributed by atoms with E-state index in [1.807, 2.05) is 0 Å². The number of ether oxygens (including phenoxy) is 6. The van der Waals surface area contributed by atoms with Crippen molar-refractivity contribution >= 4 is 35.3 Å². The number of alkyl carbamates (subject to hydrolysis) is 2. The van der Waals surface area contributed by atoms with Gasteiger partial charge in [-0.2, -0.15) is 0 Å². The van der Waals surface area contributed by atoms with Crippen LogP contribution in [-0.4, -0.2) is 94.7 Å². The molecule has 56 heavy (non-hydrogen) atoms. The zero-order valence-electron chi connectivity index (χ0n) is 32.5. The maximum absolute atomic E-state index is 12.8. The van der Waals surface area contributed by atoms with Crippen LogP contribution in [0.15, 0.2) is 47.8 Å².